The number of aromatic nitrogens is 1. The number of thiazole rings is 1. The molecule has 186 valence electrons. The van der Waals surface area contributed by atoms with Crippen molar-refractivity contribution in [2.75, 3.05) is 30.4 Å². The molecule has 0 amide bonds. The van der Waals surface area contributed by atoms with Crippen molar-refractivity contribution < 1.29 is 4.74 Å². The van der Waals surface area contributed by atoms with E-state index >= 15 is 0 Å². The first-order chi connectivity index (χ1) is 17.6. The second-order valence-electron chi connectivity index (χ2n) is 8.36. The van der Waals surface area contributed by atoms with Crippen LogP contribution in [0.2, 0.25) is 0 Å². The SMILES string of the molecule is CN(CCCCOc1cccc(-c2csc(NC(=N)NCc3ccccc3)n2)c1)c1ccc(Br)cc1. The Labute approximate surface area is 225 Å². The summed E-state index contributed by atoms with van der Waals surface area (Å²) in [4.78, 5) is 6.90. The maximum Gasteiger partial charge on any atom is 0.195 e. The summed E-state index contributed by atoms with van der Waals surface area (Å²) in [6.07, 6.45) is 2.03. The lowest BCUT2D eigenvalue weighted by atomic mass is 10.1. The minimum atomic E-state index is 0.225. The molecule has 3 N–H and O–H groups in total. The minimum Gasteiger partial charge on any atom is -0.494 e. The quantitative estimate of drug-likeness (QED) is 0.104. The third-order valence-corrected chi connectivity index (χ3v) is 6.89. The van der Waals surface area contributed by atoms with Gasteiger partial charge in [-0.25, -0.2) is 4.98 Å². The second-order valence-corrected chi connectivity index (χ2v) is 10.1. The number of hydrogen-bond acceptors (Lipinski definition) is 5. The highest BCUT2D eigenvalue weighted by Crippen LogP contribution is 2.27. The van der Waals surface area contributed by atoms with Crippen LogP contribution in [0.1, 0.15) is 18.4 Å². The zero-order chi connectivity index (χ0) is 25.2. The number of nitrogens with one attached hydrogen (secondary N) is 3. The minimum absolute atomic E-state index is 0.225. The first-order valence-electron chi connectivity index (χ1n) is 11.9. The lowest BCUT2D eigenvalue weighted by Crippen LogP contribution is -2.28. The Morgan fingerprint density at radius 3 is 2.64 bits per heavy atom. The lowest BCUT2D eigenvalue weighted by Gasteiger charge is -2.19. The summed E-state index contributed by atoms with van der Waals surface area (Å²) in [5, 5.41) is 16.9. The zero-order valence-corrected chi connectivity index (χ0v) is 22.6. The smallest absolute Gasteiger partial charge is 0.195 e. The molecule has 36 heavy (non-hydrogen) atoms. The molecule has 0 spiro atoms. The topological polar surface area (TPSA) is 73.3 Å². The van der Waals surface area contributed by atoms with Crippen LogP contribution >= 0.6 is 27.3 Å². The van der Waals surface area contributed by atoms with Gasteiger partial charge < -0.3 is 20.3 Å². The summed E-state index contributed by atoms with van der Waals surface area (Å²) in [5.41, 5.74) is 4.19. The molecule has 4 rings (SSSR count). The van der Waals surface area contributed by atoms with Gasteiger partial charge >= 0.3 is 0 Å². The molecule has 0 saturated carbocycles. The number of hydrogen-bond donors (Lipinski definition) is 3. The molecule has 0 fully saturated rings. The predicted molar refractivity (Wildman–Crippen MR) is 154 cm³/mol. The number of ether oxygens (including phenoxy) is 1. The van der Waals surface area contributed by atoms with Gasteiger partial charge in [-0.2, -0.15) is 0 Å². The van der Waals surface area contributed by atoms with Crippen molar-refractivity contribution >= 4 is 44.0 Å². The molecule has 6 nitrogen and oxygen atoms in total. The van der Waals surface area contributed by atoms with Gasteiger partial charge in [-0.1, -0.05) is 58.4 Å². The Kier molecular flexibility index (Phi) is 9.35. The van der Waals surface area contributed by atoms with Gasteiger partial charge in [0.15, 0.2) is 11.1 Å². The molecule has 0 unspecified atom stereocenters. The number of benzene rings is 3. The highest BCUT2D eigenvalue weighted by molar-refractivity contribution is 9.10. The fourth-order valence-electron chi connectivity index (χ4n) is 3.61. The normalized spacial score (nSPS) is 10.6. The van der Waals surface area contributed by atoms with Crippen molar-refractivity contribution in [3.05, 3.63) is 94.3 Å². The summed E-state index contributed by atoms with van der Waals surface area (Å²) in [7, 11) is 2.12. The van der Waals surface area contributed by atoms with Crippen LogP contribution < -0.4 is 20.3 Å². The molecule has 0 atom stereocenters. The number of unbranched alkanes of at least 4 members (excludes halogenated alkanes) is 1. The Morgan fingerprint density at radius 2 is 1.83 bits per heavy atom. The van der Waals surface area contributed by atoms with E-state index in [4.69, 9.17) is 10.1 Å². The van der Waals surface area contributed by atoms with Crippen LogP contribution in [0.3, 0.4) is 0 Å². The highest BCUT2D eigenvalue weighted by Gasteiger charge is 2.08. The van der Waals surface area contributed by atoms with Crippen molar-refractivity contribution in [2.45, 2.75) is 19.4 Å². The summed E-state index contributed by atoms with van der Waals surface area (Å²) < 4.78 is 7.10. The van der Waals surface area contributed by atoms with Gasteiger partial charge in [-0.15, -0.1) is 11.3 Å². The Bertz CT molecular complexity index is 1250. The number of guanidine groups is 1. The lowest BCUT2D eigenvalue weighted by molar-refractivity contribution is 0.307. The molecule has 0 saturated heterocycles. The third kappa shape index (κ3) is 7.83. The fraction of sp³-hybridized carbons (Fsp3) is 0.214. The molecule has 0 radical (unpaired) electrons. The Hall–Kier alpha value is -3.36. The monoisotopic (exact) mass is 563 g/mol. The first-order valence-corrected chi connectivity index (χ1v) is 13.5. The molecule has 0 bridgehead atoms. The molecule has 1 heterocycles. The van der Waals surface area contributed by atoms with Gasteiger partial charge in [0.25, 0.3) is 0 Å². The Balaban J connectivity index is 1.21. The van der Waals surface area contributed by atoms with Crippen LogP contribution in [-0.2, 0) is 6.54 Å². The van der Waals surface area contributed by atoms with Crippen molar-refractivity contribution in [3.63, 3.8) is 0 Å². The average Bonchev–Trinajstić information content (AvgIpc) is 3.37. The van der Waals surface area contributed by atoms with E-state index in [1.54, 1.807) is 0 Å². The highest BCUT2D eigenvalue weighted by atomic mass is 79.9. The van der Waals surface area contributed by atoms with Crippen molar-refractivity contribution in [2.24, 2.45) is 0 Å². The second kappa shape index (κ2) is 13.1. The van der Waals surface area contributed by atoms with Crippen molar-refractivity contribution in [1.29, 1.82) is 5.41 Å². The molecule has 0 aliphatic rings. The molecule has 4 aromatic rings. The van der Waals surface area contributed by atoms with E-state index in [0.717, 1.165) is 46.4 Å². The van der Waals surface area contributed by atoms with Crippen molar-refractivity contribution in [3.8, 4) is 17.0 Å². The van der Waals surface area contributed by atoms with Crippen LogP contribution in [-0.4, -0.2) is 31.1 Å². The summed E-state index contributed by atoms with van der Waals surface area (Å²) >= 11 is 4.96. The maximum absolute atomic E-state index is 8.14. The summed E-state index contributed by atoms with van der Waals surface area (Å²) in [5.74, 6) is 1.07. The Morgan fingerprint density at radius 1 is 1.03 bits per heavy atom. The van der Waals surface area contributed by atoms with Crippen LogP contribution in [0.5, 0.6) is 5.75 Å². The van der Waals surface area contributed by atoms with Crippen LogP contribution in [0.4, 0.5) is 10.8 Å². The van der Waals surface area contributed by atoms with Crippen LogP contribution in [0.15, 0.2) is 88.7 Å². The fourth-order valence-corrected chi connectivity index (χ4v) is 4.60. The summed E-state index contributed by atoms with van der Waals surface area (Å²) in [6, 6.07) is 26.4. The number of nitrogens with zero attached hydrogens (tertiary/aromatic N) is 2. The molecule has 1 aromatic heterocycles. The number of halogens is 1. The molecular weight excluding hydrogens is 534 g/mol. The van der Waals surface area contributed by atoms with Gasteiger partial charge in [-0.05, 0) is 54.8 Å². The van der Waals surface area contributed by atoms with Crippen molar-refractivity contribution in [1.82, 2.24) is 10.3 Å². The van der Waals surface area contributed by atoms with E-state index in [-0.39, 0.29) is 5.96 Å². The number of anilines is 2. The predicted octanol–water partition coefficient (Wildman–Crippen LogP) is 7.00. The van der Waals surface area contributed by atoms with E-state index in [2.05, 4.69) is 67.8 Å². The van der Waals surface area contributed by atoms with Gasteiger partial charge in [0.05, 0.1) is 12.3 Å². The van der Waals surface area contributed by atoms with E-state index in [1.165, 1.54) is 17.0 Å². The zero-order valence-electron chi connectivity index (χ0n) is 20.2. The van der Waals surface area contributed by atoms with Gasteiger partial charge in [-0.3, -0.25) is 5.41 Å². The average molecular weight is 565 g/mol. The largest absolute Gasteiger partial charge is 0.494 e. The van der Waals surface area contributed by atoms with E-state index in [9.17, 15) is 0 Å². The molecule has 0 aliphatic carbocycles. The van der Waals surface area contributed by atoms with Gasteiger partial charge in [0, 0.05) is 41.2 Å². The maximum atomic E-state index is 8.14. The van der Waals surface area contributed by atoms with Crippen LogP contribution in [0, 0.1) is 5.41 Å². The standard InChI is InChI=1S/C28H30BrN5OS/c1-34(24-14-12-23(29)13-15-24)16-5-6-17-35-25-11-7-10-22(18-25)26-20-36-28(32-26)33-27(30)31-19-21-8-3-2-4-9-21/h2-4,7-15,18,20H,5-6,16-17,19H2,1H3,(H3,30,31,32,33). The first kappa shape index (κ1) is 25.7. The van der Waals surface area contributed by atoms with Gasteiger partial charge in [0.2, 0.25) is 0 Å². The van der Waals surface area contributed by atoms with Gasteiger partial charge in [0.1, 0.15) is 5.75 Å². The van der Waals surface area contributed by atoms with Crippen LogP contribution in [0.25, 0.3) is 11.3 Å². The third-order valence-electron chi connectivity index (χ3n) is 5.60. The summed E-state index contributed by atoms with van der Waals surface area (Å²) in [6.45, 7) is 2.24. The molecule has 8 heteroatoms. The number of rotatable bonds is 11. The van der Waals surface area contributed by atoms with E-state index in [1.807, 2.05) is 60.0 Å². The molecular formula is C28H30BrN5OS. The van der Waals surface area contributed by atoms with E-state index < -0.39 is 0 Å². The molecule has 0 aliphatic heterocycles. The van der Waals surface area contributed by atoms with E-state index in [0.29, 0.717) is 18.3 Å². The molecule has 3 aromatic carbocycles.